The van der Waals surface area contributed by atoms with Gasteiger partial charge < -0.3 is 0 Å². The summed E-state index contributed by atoms with van der Waals surface area (Å²) in [6.07, 6.45) is -3.11. The van der Waals surface area contributed by atoms with Crippen molar-refractivity contribution in [3.05, 3.63) is 45.2 Å². The topological polar surface area (TPSA) is 42.9 Å². The quantitative estimate of drug-likeness (QED) is 0.867. The van der Waals surface area contributed by atoms with Gasteiger partial charge >= 0.3 is 6.18 Å². The van der Waals surface area contributed by atoms with Crippen LogP contribution in [-0.4, -0.2) is 15.8 Å². The molecule has 2 aromatic heterocycles. The van der Waals surface area contributed by atoms with Gasteiger partial charge in [0.15, 0.2) is 0 Å². The third-order valence-electron chi connectivity index (χ3n) is 2.94. The first-order chi connectivity index (χ1) is 9.75. The molecule has 0 N–H and O–H groups in total. The maximum Gasteiger partial charge on any atom is 0.433 e. The second kappa shape index (κ2) is 5.93. The maximum atomic E-state index is 12.4. The molecule has 21 heavy (non-hydrogen) atoms. The van der Waals surface area contributed by atoms with E-state index < -0.39 is 11.9 Å². The molecular formula is C14H13F3N2OS. The number of carbonyl (C=O) groups excluding carboxylic acids is 1. The van der Waals surface area contributed by atoms with Gasteiger partial charge in [-0.05, 0) is 25.5 Å². The van der Waals surface area contributed by atoms with Crippen LogP contribution in [0.1, 0.15) is 26.8 Å². The van der Waals surface area contributed by atoms with Gasteiger partial charge in [-0.1, -0.05) is 6.07 Å². The number of Topliss-reactive ketones (excluding diaryl/α,β-unsaturated/α-hetero) is 1. The van der Waals surface area contributed by atoms with E-state index in [0.717, 1.165) is 27.8 Å². The standard InChI is InChI=1S/C14H13F3N2OS/c1-8-9(2)21-13(19-8)6-11(20)5-10-3-4-12(18-7-10)14(15,16)17/h3-4,7H,5-6H2,1-2H3. The second-order valence-corrected chi connectivity index (χ2v) is 5.98. The van der Waals surface area contributed by atoms with E-state index in [0.29, 0.717) is 5.56 Å². The fourth-order valence-electron chi connectivity index (χ4n) is 1.77. The zero-order chi connectivity index (χ0) is 15.6. The van der Waals surface area contributed by atoms with Crippen LogP contribution in [0.15, 0.2) is 18.3 Å². The molecule has 0 bridgehead atoms. The van der Waals surface area contributed by atoms with E-state index in [1.807, 2.05) is 13.8 Å². The Morgan fingerprint density at radius 1 is 1.24 bits per heavy atom. The van der Waals surface area contributed by atoms with E-state index in [1.54, 1.807) is 0 Å². The molecule has 0 unspecified atom stereocenters. The second-order valence-electron chi connectivity index (χ2n) is 4.69. The van der Waals surface area contributed by atoms with Crippen LogP contribution in [0.2, 0.25) is 0 Å². The number of aryl methyl sites for hydroxylation is 2. The summed E-state index contributed by atoms with van der Waals surface area (Å²) in [5, 5.41) is 0.731. The lowest BCUT2D eigenvalue weighted by molar-refractivity contribution is -0.141. The van der Waals surface area contributed by atoms with Crippen molar-refractivity contribution in [2.75, 3.05) is 0 Å². The molecule has 112 valence electrons. The SMILES string of the molecule is Cc1nc(CC(=O)Cc2ccc(C(F)(F)F)nc2)sc1C. The predicted octanol–water partition coefficient (Wildman–Crippen LogP) is 3.53. The predicted molar refractivity (Wildman–Crippen MR) is 73.2 cm³/mol. The highest BCUT2D eigenvalue weighted by atomic mass is 32.1. The van der Waals surface area contributed by atoms with Crippen LogP contribution in [0.25, 0.3) is 0 Å². The minimum Gasteiger partial charge on any atom is -0.299 e. The Morgan fingerprint density at radius 3 is 2.43 bits per heavy atom. The molecular weight excluding hydrogens is 301 g/mol. The largest absolute Gasteiger partial charge is 0.433 e. The molecule has 0 aliphatic rings. The molecule has 0 aromatic carbocycles. The number of alkyl halides is 3. The van der Waals surface area contributed by atoms with Gasteiger partial charge in [-0.15, -0.1) is 11.3 Å². The zero-order valence-electron chi connectivity index (χ0n) is 11.5. The van der Waals surface area contributed by atoms with Gasteiger partial charge in [0.2, 0.25) is 0 Å². The van der Waals surface area contributed by atoms with Gasteiger partial charge in [0, 0.05) is 17.5 Å². The van der Waals surface area contributed by atoms with Crippen LogP contribution in [0.5, 0.6) is 0 Å². The minimum absolute atomic E-state index is 0.0583. The van der Waals surface area contributed by atoms with E-state index in [1.165, 1.54) is 17.4 Å². The summed E-state index contributed by atoms with van der Waals surface area (Å²) in [7, 11) is 0. The van der Waals surface area contributed by atoms with Gasteiger partial charge in [0.25, 0.3) is 0 Å². The number of hydrogen-bond donors (Lipinski definition) is 0. The average molecular weight is 314 g/mol. The maximum absolute atomic E-state index is 12.4. The lowest BCUT2D eigenvalue weighted by atomic mass is 10.1. The van der Waals surface area contributed by atoms with Crippen molar-refractivity contribution in [2.45, 2.75) is 32.9 Å². The van der Waals surface area contributed by atoms with Crippen molar-refractivity contribution < 1.29 is 18.0 Å². The fourth-order valence-corrected chi connectivity index (χ4v) is 2.73. The number of hydrogen-bond acceptors (Lipinski definition) is 4. The number of aromatic nitrogens is 2. The number of ketones is 1. The third-order valence-corrected chi connectivity index (χ3v) is 4.01. The Labute approximate surface area is 123 Å². The summed E-state index contributed by atoms with van der Waals surface area (Å²) in [5.74, 6) is -0.0923. The van der Waals surface area contributed by atoms with E-state index in [4.69, 9.17) is 0 Å². The molecule has 7 heteroatoms. The molecule has 0 aliphatic heterocycles. The van der Waals surface area contributed by atoms with E-state index >= 15 is 0 Å². The van der Waals surface area contributed by atoms with Crippen molar-refractivity contribution >= 4 is 17.1 Å². The molecule has 0 fully saturated rings. The number of nitrogens with zero attached hydrogens (tertiary/aromatic N) is 2. The number of carbonyl (C=O) groups is 1. The molecule has 0 spiro atoms. The first kappa shape index (κ1) is 15.6. The number of thiazole rings is 1. The summed E-state index contributed by atoms with van der Waals surface area (Å²) in [6, 6.07) is 2.17. The number of halogens is 3. The van der Waals surface area contributed by atoms with Gasteiger partial charge in [-0.25, -0.2) is 4.98 Å². The Bertz CT molecular complexity index is 628. The van der Waals surface area contributed by atoms with Gasteiger partial charge in [-0.2, -0.15) is 13.2 Å². The normalized spacial score (nSPS) is 11.7. The molecule has 0 saturated heterocycles. The highest BCUT2D eigenvalue weighted by Crippen LogP contribution is 2.27. The highest BCUT2D eigenvalue weighted by Gasteiger charge is 2.32. The highest BCUT2D eigenvalue weighted by molar-refractivity contribution is 7.11. The summed E-state index contributed by atoms with van der Waals surface area (Å²) in [5.41, 5.74) is 0.418. The Kier molecular flexibility index (Phi) is 4.41. The lowest BCUT2D eigenvalue weighted by Crippen LogP contribution is -2.10. The molecule has 3 nitrogen and oxygen atoms in total. The van der Waals surface area contributed by atoms with Crippen molar-refractivity contribution in [2.24, 2.45) is 0 Å². The van der Waals surface area contributed by atoms with Crippen LogP contribution in [0.3, 0.4) is 0 Å². The Balaban J connectivity index is 1.99. The minimum atomic E-state index is -4.46. The van der Waals surface area contributed by atoms with Crippen LogP contribution in [-0.2, 0) is 23.8 Å². The van der Waals surface area contributed by atoms with Crippen LogP contribution >= 0.6 is 11.3 Å². The van der Waals surface area contributed by atoms with E-state index in [-0.39, 0.29) is 18.6 Å². The van der Waals surface area contributed by atoms with Crippen molar-refractivity contribution in [1.29, 1.82) is 0 Å². The monoisotopic (exact) mass is 314 g/mol. The third kappa shape index (κ3) is 4.10. The molecule has 0 aliphatic carbocycles. The number of pyridine rings is 1. The Hall–Kier alpha value is -1.76. The average Bonchev–Trinajstić information content (AvgIpc) is 2.67. The van der Waals surface area contributed by atoms with Crippen molar-refractivity contribution in [3.8, 4) is 0 Å². The molecule has 0 amide bonds. The van der Waals surface area contributed by atoms with Gasteiger partial charge in [-0.3, -0.25) is 9.78 Å². The smallest absolute Gasteiger partial charge is 0.299 e. The molecule has 2 heterocycles. The fraction of sp³-hybridized carbons (Fsp3) is 0.357. The van der Waals surface area contributed by atoms with Crippen LogP contribution in [0.4, 0.5) is 13.2 Å². The summed E-state index contributed by atoms with van der Waals surface area (Å²) in [6.45, 7) is 3.81. The lowest BCUT2D eigenvalue weighted by Gasteiger charge is -2.06. The van der Waals surface area contributed by atoms with E-state index in [9.17, 15) is 18.0 Å². The van der Waals surface area contributed by atoms with E-state index in [2.05, 4.69) is 9.97 Å². The van der Waals surface area contributed by atoms with Gasteiger partial charge in [0.1, 0.15) is 16.5 Å². The van der Waals surface area contributed by atoms with Crippen molar-refractivity contribution in [3.63, 3.8) is 0 Å². The summed E-state index contributed by atoms with van der Waals surface area (Å²) in [4.78, 5) is 20.6. The molecule has 0 atom stereocenters. The van der Waals surface area contributed by atoms with Gasteiger partial charge in [0.05, 0.1) is 12.1 Å². The Morgan fingerprint density at radius 2 is 1.95 bits per heavy atom. The van der Waals surface area contributed by atoms with Crippen LogP contribution < -0.4 is 0 Å². The molecule has 0 radical (unpaired) electrons. The zero-order valence-corrected chi connectivity index (χ0v) is 12.3. The van der Waals surface area contributed by atoms with Crippen molar-refractivity contribution in [1.82, 2.24) is 9.97 Å². The summed E-state index contributed by atoms with van der Waals surface area (Å²) < 4.78 is 37.1. The molecule has 2 rings (SSSR count). The molecule has 0 saturated carbocycles. The molecule has 2 aromatic rings. The first-order valence-electron chi connectivity index (χ1n) is 6.22. The summed E-state index contributed by atoms with van der Waals surface area (Å²) >= 11 is 1.46. The first-order valence-corrected chi connectivity index (χ1v) is 7.04. The number of rotatable bonds is 4. The van der Waals surface area contributed by atoms with Crippen LogP contribution in [0, 0.1) is 13.8 Å².